The number of benzene rings is 1. The average Bonchev–Trinajstić information content (AvgIpc) is 2.62. The van der Waals surface area contributed by atoms with Gasteiger partial charge in [-0.3, -0.25) is 0 Å². The Morgan fingerprint density at radius 2 is 1.95 bits per heavy atom. The summed E-state index contributed by atoms with van der Waals surface area (Å²) in [6.07, 6.45) is 6.28. The van der Waals surface area contributed by atoms with Crippen molar-refractivity contribution in [2.24, 2.45) is 0 Å². The Hall–Kier alpha value is -1.05. The van der Waals surface area contributed by atoms with Crippen LogP contribution in [0.5, 0.6) is 0 Å². The summed E-state index contributed by atoms with van der Waals surface area (Å²) in [5, 5.41) is 23.0. The summed E-state index contributed by atoms with van der Waals surface area (Å²) in [6.45, 7) is 0.512. The molecule has 1 fully saturated rings. The van der Waals surface area contributed by atoms with Gasteiger partial charge in [-0.15, -0.1) is 0 Å². The van der Waals surface area contributed by atoms with Gasteiger partial charge in [0, 0.05) is 11.0 Å². The Bertz CT molecular complexity index is 474. The van der Waals surface area contributed by atoms with Gasteiger partial charge in [0.2, 0.25) is 0 Å². The number of anilines is 1. The highest BCUT2D eigenvalue weighted by atomic mass is 79.9. The monoisotopic (exact) mass is 322 g/mol. The lowest BCUT2D eigenvalue weighted by Gasteiger charge is -2.27. The highest BCUT2D eigenvalue weighted by Gasteiger charge is 2.27. The van der Waals surface area contributed by atoms with Gasteiger partial charge in [-0.05, 0) is 40.9 Å². The molecule has 0 atom stereocenters. The van der Waals surface area contributed by atoms with E-state index >= 15 is 0 Å². The molecule has 0 unspecified atom stereocenters. The minimum Gasteiger partial charge on any atom is -0.388 e. The Kier molecular flexibility index (Phi) is 4.84. The third kappa shape index (κ3) is 3.71. The molecule has 3 nitrogen and oxygen atoms in total. The lowest BCUT2D eigenvalue weighted by molar-refractivity contribution is 0.0381. The molecule has 1 aliphatic carbocycles. The molecular weight excluding hydrogens is 304 g/mol. The number of rotatable bonds is 3. The molecule has 0 amide bonds. The molecule has 1 aliphatic rings. The molecule has 0 saturated heterocycles. The van der Waals surface area contributed by atoms with Gasteiger partial charge in [0.15, 0.2) is 0 Å². The molecule has 102 valence electrons. The van der Waals surface area contributed by atoms with Gasteiger partial charge >= 0.3 is 0 Å². The van der Waals surface area contributed by atoms with E-state index in [0.717, 1.165) is 35.8 Å². The zero-order valence-corrected chi connectivity index (χ0v) is 12.5. The number of nitrogens with zero attached hydrogens (tertiary/aromatic N) is 1. The van der Waals surface area contributed by atoms with Crippen LogP contribution in [-0.2, 0) is 0 Å². The summed E-state index contributed by atoms with van der Waals surface area (Å²) >= 11 is 3.37. The fraction of sp³-hybridized carbons (Fsp3) is 0.533. The molecular formula is C15H19BrN2O. The van der Waals surface area contributed by atoms with Crippen LogP contribution >= 0.6 is 15.9 Å². The molecule has 0 bridgehead atoms. The van der Waals surface area contributed by atoms with Crippen LogP contribution in [0.15, 0.2) is 22.7 Å². The minimum atomic E-state index is -0.633. The molecule has 0 aromatic heterocycles. The third-order valence-electron chi connectivity index (χ3n) is 3.77. The maximum absolute atomic E-state index is 10.6. The van der Waals surface area contributed by atoms with E-state index in [2.05, 4.69) is 27.3 Å². The molecule has 2 N–H and O–H groups in total. The maximum atomic E-state index is 10.6. The van der Waals surface area contributed by atoms with E-state index in [1.807, 2.05) is 18.2 Å². The number of aliphatic hydroxyl groups is 1. The van der Waals surface area contributed by atoms with Crippen molar-refractivity contribution >= 4 is 21.6 Å². The Morgan fingerprint density at radius 3 is 2.58 bits per heavy atom. The smallest absolute Gasteiger partial charge is 0.103 e. The fourth-order valence-electron chi connectivity index (χ4n) is 2.61. The van der Waals surface area contributed by atoms with E-state index in [-0.39, 0.29) is 0 Å². The van der Waals surface area contributed by atoms with Crippen molar-refractivity contribution in [1.29, 1.82) is 5.26 Å². The maximum Gasteiger partial charge on any atom is 0.103 e. The van der Waals surface area contributed by atoms with E-state index in [1.165, 1.54) is 12.8 Å². The number of nitrogens with one attached hydrogen (secondary N) is 1. The lowest BCUT2D eigenvalue weighted by Crippen LogP contribution is -2.36. The van der Waals surface area contributed by atoms with Gasteiger partial charge in [0.1, 0.15) is 6.07 Å². The van der Waals surface area contributed by atoms with Crippen molar-refractivity contribution in [3.63, 3.8) is 0 Å². The first-order valence-corrected chi connectivity index (χ1v) is 7.59. The van der Waals surface area contributed by atoms with Crippen LogP contribution in [0.1, 0.15) is 44.1 Å². The highest BCUT2D eigenvalue weighted by molar-refractivity contribution is 9.10. The second-order valence-electron chi connectivity index (χ2n) is 5.27. The SMILES string of the molecule is N#Cc1c(Br)cccc1NCC1(O)CCCCCC1. The summed E-state index contributed by atoms with van der Waals surface area (Å²) in [6, 6.07) is 7.81. The van der Waals surface area contributed by atoms with E-state index < -0.39 is 5.60 Å². The van der Waals surface area contributed by atoms with E-state index in [4.69, 9.17) is 5.26 Å². The summed E-state index contributed by atoms with van der Waals surface area (Å²) < 4.78 is 0.785. The van der Waals surface area contributed by atoms with Crippen molar-refractivity contribution < 1.29 is 5.11 Å². The van der Waals surface area contributed by atoms with Crippen molar-refractivity contribution in [3.05, 3.63) is 28.2 Å². The van der Waals surface area contributed by atoms with Crippen LogP contribution in [0.2, 0.25) is 0 Å². The van der Waals surface area contributed by atoms with Gasteiger partial charge in [0.05, 0.1) is 16.9 Å². The second kappa shape index (κ2) is 6.40. The van der Waals surface area contributed by atoms with Crippen molar-refractivity contribution in [2.45, 2.75) is 44.1 Å². The molecule has 0 heterocycles. The number of hydrogen-bond donors (Lipinski definition) is 2. The first-order chi connectivity index (χ1) is 9.14. The largest absolute Gasteiger partial charge is 0.388 e. The first-order valence-electron chi connectivity index (χ1n) is 6.79. The zero-order chi connectivity index (χ0) is 13.7. The third-order valence-corrected chi connectivity index (χ3v) is 4.43. The minimum absolute atomic E-state index is 0.512. The predicted octanol–water partition coefficient (Wildman–Crippen LogP) is 3.82. The van der Waals surface area contributed by atoms with Gasteiger partial charge in [-0.2, -0.15) is 5.26 Å². The van der Waals surface area contributed by atoms with E-state index in [1.54, 1.807) is 0 Å². The lowest BCUT2D eigenvalue weighted by atomic mass is 9.94. The van der Waals surface area contributed by atoms with Gasteiger partial charge in [-0.1, -0.05) is 31.7 Å². The summed E-state index contributed by atoms with van der Waals surface area (Å²) in [4.78, 5) is 0. The van der Waals surface area contributed by atoms with Crippen molar-refractivity contribution in [1.82, 2.24) is 0 Å². The predicted molar refractivity (Wildman–Crippen MR) is 80.0 cm³/mol. The summed E-state index contributed by atoms with van der Waals surface area (Å²) in [5.41, 5.74) is 0.750. The summed E-state index contributed by atoms with van der Waals surface area (Å²) in [7, 11) is 0. The van der Waals surface area contributed by atoms with E-state index in [0.29, 0.717) is 12.1 Å². The Labute approximate surface area is 122 Å². The van der Waals surface area contributed by atoms with Crippen LogP contribution in [0.3, 0.4) is 0 Å². The topological polar surface area (TPSA) is 56.0 Å². The molecule has 1 aromatic carbocycles. The molecule has 19 heavy (non-hydrogen) atoms. The Balaban J connectivity index is 2.06. The molecule has 4 heteroatoms. The van der Waals surface area contributed by atoms with Crippen LogP contribution < -0.4 is 5.32 Å². The van der Waals surface area contributed by atoms with Gasteiger partial charge in [0.25, 0.3) is 0 Å². The van der Waals surface area contributed by atoms with Crippen molar-refractivity contribution in [3.8, 4) is 6.07 Å². The standard InChI is InChI=1S/C15H19BrN2O/c16-13-6-5-7-14(12(13)10-17)18-11-15(19)8-3-1-2-4-9-15/h5-7,18-19H,1-4,8-9,11H2. The normalized spacial score (nSPS) is 18.4. The molecule has 0 spiro atoms. The average molecular weight is 323 g/mol. The van der Waals surface area contributed by atoms with E-state index in [9.17, 15) is 5.11 Å². The van der Waals surface area contributed by atoms with Crippen LogP contribution in [0.25, 0.3) is 0 Å². The number of hydrogen-bond acceptors (Lipinski definition) is 3. The molecule has 0 aliphatic heterocycles. The molecule has 2 rings (SSSR count). The Morgan fingerprint density at radius 1 is 1.26 bits per heavy atom. The number of halogens is 1. The van der Waals surface area contributed by atoms with Gasteiger partial charge in [-0.25, -0.2) is 0 Å². The first kappa shape index (κ1) is 14.4. The number of nitriles is 1. The van der Waals surface area contributed by atoms with Crippen LogP contribution in [0, 0.1) is 11.3 Å². The van der Waals surface area contributed by atoms with Crippen molar-refractivity contribution in [2.75, 3.05) is 11.9 Å². The highest BCUT2D eigenvalue weighted by Crippen LogP contribution is 2.29. The zero-order valence-electron chi connectivity index (χ0n) is 11.0. The molecule has 1 saturated carbocycles. The molecule has 0 radical (unpaired) electrons. The van der Waals surface area contributed by atoms with Crippen LogP contribution in [-0.4, -0.2) is 17.3 Å². The van der Waals surface area contributed by atoms with Gasteiger partial charge < -0.3 is 10.4 Å². The fourth-order valence-corrected chi connectivity index (χ4v) is 3.06. The quantitative estimate of drug-likeness (QED) is 0.832. The molecule has 1 aromatic rings. The summed E-state index contributed by atoms with van der Waals surface area (Å²) in [5.74, 6) is 0. The van der Waals surface area contributed by atoms with Crippen LogP contribution in [0.4, 0.5) is 5.69 Å². The second-order valence-corrected chi connectivity index (χ2v) is 6.12.